The third-order valence-electron chi connectivity index (χ3n) is 5.10. The van der Waals surface area contributed by atoms with E-state index in [-0.39, 0.29) is 5.54 Å². The largest absolute Gasteiger partial charge is 0.379 e. The molecule has 3 heterocycles. The van der Waals surface area contributed by atoms with Crippen LogP contribution in [-0.4, -0.2) is 73.1 Å². The minimum atomic E-state index is -0.130. The molecule has 0 amide bonds. The monoisotopic (exact) mass is 378 g/mol. The third kappa shape index (κ3) is 5.42. The van der Waals surface area contributed by atoms with Gasteiger partial charge in [-0.25, -0.2) is 0 Å². The van der Waals surface area contributed by atoms with Crippen LogP contribution in [0.1, 0.15) is 46.5 Å². The summed E-state index contributed by atoms with van der Waals surface area (Å²) < 4.78 is 11.3. The molecule has 2 fully saturated rings. The van der Waals surface area contributed by atoms with Crippen molar-refractivity contribution in [1.29, 1.82) is 0 Å². The van der Waals surface area contributed by atoms with Crippen molar-refractivity contribution in [2.75, 3.05) is 55.6 Å². The van der Waals surface area contributed by atoms with Gasteiger partial charge in [-0.1, -0.05) is 0 Å². The Balaban J connectivity index is 1.87. The predicted molar refractivity (Wildman–Crippen MR) is 108 cm³/mol. The number of hydrogen-bond acceptors (Lipinski definition) is 8. The molecule has 2 aliphatic rings. The fourth-order valence-electron chi connectivity index (χ4n) is 3.45. The van der Waals surface area contributed by atoms with E-state index in [1.807, 2.05) is 14.1 Å². The van der Waals surface area contributed by atoms with Crippen LogP contribution in [0.15, 0.2) is 0 Å². The first-order chi connectivity index (χ1) is 12.8. The van der Waals surface area contributed by atoms with E-state index in [1.54, 1.807) is 0 Å². The number of anilines is 3. The molecule has 152 valence electrons. The summed E-state index contributed by atoms with van der Waals surface area (Å²) in [4.78, 5) is 18.4. The molecular weight excluding hydrogens is 344 g/mol. The fourth-order valence-corrected chi connectivity index (χ4v) is 3.45. The van der Waals surface area contributed by atoms with Gasteiger partial charge in [0, 0.05) is 32.8 Å². The molecule has 1 aromatic heterocycles. The number of nitrogens with zero attached hydrogens (tertiary/aromatic N) is 5. The van der Waals surface area contributed by atoms with Crippen LogP contribution < -0.4 is 15.1 Å². The maximum Gasteiger partial charge on any atom is 0.232 e. The van der Waals surface area contributed by atoms with Crippen LogP contribution in [0, 0.1) is 0 Å². The Morgan fingerprint density at radius 1 is 0.852 bits per heavy atom. The molecule has 2 aliphatic heterocycles. The van der Waals surface area contributed by atoms with Crippen LogP contribution >= 0.6 is 0 Å². The van der Waals surface area contributed by atoms with Gasteiger partial charge in [0.1, 0.15) is 0 Å². The number of nitrogens with one attached hydrogen (secondary N) is 1. The van der Waals surface area contributed by atoms with Crippen molar-refractivity contribution in [2.24, 2.45) is 0 Å². The molecular formula is C19H34N6O2. The lowest BCUT2D eigenvalue weighted by molar-refractivity contribution is 0.0798. The molecule has 3 rings (SSSR count). The van der Waals surface area contributed by atoms with E-state index in [2.05, 4.69) is 35.9 Å². The molecule has 1 N–H and O–H groups in total. The molecule has 0 spiro atoms. The number of aromatic nitrogens is 3. The Labute approximate surface area is 162 Å². The minimum Gasteiger partial charge on any atom is -0.379 e. The second-order valence-corrected chi connectivity index (χ2v) is 8.60. The van der Waals surface area contributed by atoms with Crippen molar-refractivity contribution in [3.05, 3.63) is 0 Å². The molecule has 1 aromatic rings. The first kappa shape index (κ1) is 20.1. The van der Waals surface area contributed by atoms with Crippen LogP contribution in [0.3, 0.4) is 0 Å². The van der Waals surface area contributed by atoms with E-state index >= 15 is 0 Å². The van der Waals surface area contributed by atoms with Crippen molar-refractivity contribution in [3.63, 3.8) is 0 Å². The number of hydrogen-bond donors (Lipinski definition) is 1. The second kappa shape index (κ2) is 8.56. The van der Waals surface area contributed by atoms with Gasteiger partial charge < -0.3 is 24.6 Å². The topological polar surface area (TPSA) is 75.6 Å². The van der Waals surface area contributed by atoms with Crippen LogP contribution in [-0.2, 0) is 9.47 Å². The van der Waals surface area contributed by atoms with Crippen molar-refractivity contribution in [1.82, 2.24) is 15.0 Å². The van der Waals surface area contributed by atoms with Gasteiger partial charge in [-0.3, -0.25) is 0 Å². The van der Waals surface area contributed by atoms with Gasteiger partial charge >= 0.3 is 0 Å². The van der Waals surface area contributed by atoms with Crippen LogP contribution in [0.5, 0.6) is 0 Å². The smallest absolute Gasteiger partial charge is 0.232 e. The van der Waals surface area contributed by atoms with E-state index in [9.17, 15) is 0 Å². The van der Waals surface area contributed by atoms with Crippen molar-refractivity contribution >= 4 is 17.8 Å². The molecule has 0 aliphatic carbocycles. The summed E-state index contributed by atoms with van der Waals surface area (Å²) in [5, 5.41) is 3.40. The third-order valence-corrected chi connectivity index (χ3v) is 5.10. The van der Waals surface area contributed by atoms with Gasteiger partial charge in [0.2, 0.25) is 17.8 Å². The molecule has 0 aromatic carbocycles. The summed E-state index contributed by atoms with van der Waals surface area (Å²) in [5.41, 5.74) is -0.130. The summed E-state index contributed by atoms with van der Waals surface area (Å²) in [5.74, 6) is 1.98. The molecule has 2 atom stereocenters. The van der Waals surface area contributed by atoms with Crippen molar-refractivity contribution < 1.29 is 9.47 Å². The number of ether oxygens (including phenoxy) is 2. The van der Waals surface area contributed by atoms with Gasteiger partial charge in [0.25, 0.3) is 0 Å². The van der Waals surface area contributed by atoms with Gasteiger partial charge in [0.05, 0.1) is 25.3 Å². The Bertz CT molecular complexity index is 566. The Kier molecular flexibility index (Phi) is 6.37. The van der Waals surface area contributed by atoms with Crippen LogP contribution in [0.4, 0.5) is 17.8 Å². The molecule has 0 saturated carbocycles. The lowest BCUT2D eigenvalue weighted by atomic mass is 10.1. The minimum absolute atomic E-state index is 0.130. The Morgan fingerprint density at radius 3 is 1.70 bits per heavy atom. The van der Waals surface area contributed by atoms with Gasteiger partial charge in [-0.05, 0) is 46.5 Å². The SMILES string of the molecule is CN(c1nc(NC(C)(C)C)nc(N(C)C2CCCOC2)n1)C1CCCOC1. The summed E-state index contributed by atoms with van der Waals surface area (Å²) in [7, 11) is 4.09. The molecule has 0 radical (unpaired) electrons. The van der Waals surface area contributed by atoms with Gasteiger partial charge in [0.15, 0.2) is 0 Å². The first-order valence-electron chi connectivity index (χ1n) is 9.99. The maximum absolute atomic E-state index is 5.65. The summed E-state index contributed by atoms with van der Waals surface area (Å²) in [6.07, 6.45) is 4.32. The molecule has 2 saturated heterocycles. The molecule has 8 nitrogen and oxygen atoms in total. The van der Waals surface area contributed by atoms with Crippen LogP contribution in [0.25, 0.3) is 0 Å². The summed E-state index contributed by atoms with van der Waals surface area (Å²) in [6.45, 7) is 9.42. The quantitative estimate of drug-likeness (QED) is 0.837. The van der Waals surface area contributed by atoms with E-state index in [4.69, 9.17) is 24.4 Å². The van der Waals surface area contributed by atoms with Crippen LogP contribution in [0.2, 0.25) is 0 Å². The average molecular weight is 379 g/mol. The number of likely N-dealkylation sites (N-methyl/N-ethyl adjacent to an activating group) is 2. The highest BCUT2D eigenvalue weighted by atomic mass is 16.5. The lowest BCUT2D eigenvalue weighted by Gasteiger charge is -2.34. The molecule has 2 unspecified atom stereocenters. The normalized spacial score (nSPS) is 23.7. The highest BCUT2D eigenvalue weighted by molar-refractivity contribution is 5.46. The maximum atomic E-state index is 5.65. The molecule has 8 heteroatoms. The zero-order valence-corrected chi connectivity index (χ0v) is 17.4. The fraction of sp³-hybridized carbons (Fsp3) is 0.842. The van der Waals surface area contributed by atoms with E-state index in [0.29, 0.717) is 43.1 Å². The van der Waals surface area contributed by atoms with Gasteiger partial charge in [-0.15, -0.1) is 0 Å². The standard InChI is InChI=1S/C19H34N6O2/c1-19(2,3)23-16-20-17(24(4)14-8-6-10-26-12-14)22-18(21-16)25(5)15-9-7-11-27-13-15/h14-15H,6-13H2,1-5H3,(H,20,21,22,23). The van der Waals surface area contributed by atoms with E-state index in [1.165, 1.54) is 0 Å². The predicted octanol–water partition coefficient (Wildman–Crippen LogP) is 2.31. The Morgan fingerprint density at radius 2 is 1.33 bits per heavy atom. The van der Waals surface area contributed by atoms with E-state index in [0.717, 1.165) is 38.9 Å². The molecule has 27 heavy (non-hydrogen) atoms. The van der Waals surface area contributed by atoms with Crippen molar-refractivity contribution in [3.8, 4) is 0 Å². The number of rotatable bonds is 5. The zero-order valence-electron chi connectivity index (χ0n) is 17.4. The summed E-state index contributed by atoms with van der Waals surface area (Å²) in [6, 6.07) is 0.583. The first-order valence-corrected chi connectivity index (χ1v) is 9.99. The van der Waals surface area contributed by atoms with Crippen molar-refractivity contribution in [2.45, 2.75) is 64.1 Å². The zero-order chi connectivity index (χ0) is 19.4. The highest BCUT2D eigenvalue weighted by Gasteiger charge is 2.26. The highest BCUT2D eigenvalue weighted by Crippen LogP contribution is 2.24. The van der Waals surface area contributed by atoms with E-state index < -0.39 is 0 Å². The second-order valence-electron chi connectivity index (χ2n) is 8.60. The Hall–Kier alpha value is -1.67. The lowest BCUT2D eigenvalue weighted by Crippen LogP contribution is -2.42. The summed E-state index contributed by atoms with van der Waals surface area (Å²) >= 11 is 0. The average Bonchev–Trinajstić information content (AvgIpc) is 2.66. The van der Waals surface area contributed by atoms with Gasteiger partial charge in [-0.2, -0.15) is 15.0 Å². The molecule has 0 bridgehead atoms.